The summed E-state index contributed by atoms with van der Waals surface area (Å²) in [5, 5.41) is 7.88. The first-order valence-electron chi connectivity index (χ1n) is 13.4. The second-order valence-corrected chi connectivity index (χ2v) is 9.56. The third-order valence-electron chi connectivity index (χ3n) is 6.66. The largest absolute Gasteiger partial charge is 0.370 e. The minimum Gasteiger partial charge on any atom is -0.370 e. The van der Waals surface area contributed by atoms with E-state index in [2.05, 4.69) is 25.6 Å². The van der Waals surface area contributed by atoms with Crippen molar-refractivity contribution in [3.05, 3.63) is 72.1 Å². The maximum Gasteiger partial charge on any atom is 0.224 e. The number of H-pyrrole nitrogens is 2. The Hall–Kier alpha value is -4.80. The lowest BCUT2D eigenvalue weighted by atomic mass is 10.1. The molecule has 4 rings (SSSR count). The molecule has 0 saturated carbocycles. The Morgan fingerprint density at radius 2 is 1.32 bits per heavy atom. The first kappa shape index (κ1) is 28.2. The van der Waals surface area contributed by atoms with E-state index in [0.29, 0.717) is 32.6 Å². The number of benzene rings is 2. The van der Waals surface area contributed by atoms with Crippen LogP contribution in [0.3, 0.4) is 0 Å². The molecule has 0 aliphatic heterocycles. The van der Waals surface area contributed by atoms with Crippen molar-refractivity contribution in [3.63, 3.8) is 0 Å². The number of aromatic nitrogens is 2. The second-order valence-electron chi connectivity index (χ2n) is 9.56. The van der Waals surface area contributed by atoms with Gasteiger partial charge in [0.1, 0.15) is 0 Å². The molecular formula is C29H36N8O3. The molecule has 2 heterocycles. The lowest BCUT2D eigenvalue weighted by Crippen LogP contribution is -2.40. The summed E-state index contributed by atoms with van der Waals surface area (Å²) in [5.74, 6) is -0.398. The van der Waals surface area contributed by atoms with Crippen LogP contribution in [-0.2, 0) is 27.2 Å². The topological polar surface area (TPSA) is 174 Å². The molecule has 0 spiro atoms. The van der Waals surface area contributed by atoms with Crippen LogP contribution in [0.1, 0.15) is 24.0 Å². The van der Waals surface area contributed by atoms with Gasteiger partial charge in [-0.25, -0.2) is 0 Å². The summed E-state index contributed by atoms with van der Waals surface area (Å²) < 4.78 is 0. The standard InChI is InChI=1S/C29H36N8O3/c30-29(31)34-12-10-28(40)37(15-13-33-27(39)17-21-19-36-25-9-4-2-7-23(21)25)14-5-11-32-26(38)16-20-18-35-24-8-3-1-6-22(20)24/h1-4,6-9,18-19,35-36H,5,10-17H2,(H,32,38)(H,33,39)(H4,30,31,34). The fourth-order valence-corrected chi connectivity index (χ4v) is 4.65. The molecule has 40 heavy (non-hydrogen) atoms. The number of hydrogen-bond donors (Lipinski definition) is 6. The molecule has 8 N–H and O–H groups in total. The monoisotopic (exact) mass is 544 g/mol. The zero-order chi connectivity index (χ0) is 28.3. The van der Waals surface area contributed by atoms with Gasteiger partial charge in [-0.2, -0.15) is 0 Å². The van der Waals surface area contributed by atoms with Gasteiger partial charge in [0.2, 0.25) is 17.7 Å². The van der Waals surface area contributed by atoms with Crippen LogP contribution in [0.4, 0.5) is 0 Å². The number of rotatable bonds is 14. The summed E-state index contributed by atoms with van der Waals surface area (Å²) in [5.41, 5.74) is 14.6. The molecule has 2 aromatic carbocycles. The van der Waals surface area contributed by atoms with Crippen molar-refractivity contribution < 1.29 is 14.4 Å². The van der Waals surface area contributed by atoms with Crippen LogP contribution in [-0.4, -0.2) is 71.3 Å². The van der Waals surface area contributed by atoms with Gasteiger partial charge < -0.3 is 37.0 Å². The SMILES string of the molecule is NC(N)=NCCC(=O)N(CCCNC(=O)Cc1c[nH]c2ccccc12)CCNC(=O)Cc1c[nH]c2ccccc12. The van der Waals surface area contributed by atoms with Crippen molar-refractivity contribution in [3.8, 4) is 0 Å². The van der Waals surface area contributed by atoms with Crippen molar-refractivity contribution >= 4 is 45.5 Å². The molecule has 0 unspecified atom stereocenters. The first-order valence-corrected chi connectivity index (χ1v) is 13.4. The number of amides is 3. The number of hydrogen-bond acceptors (Lipinski definition) is 4. The Morgan fingerprint density at radius 1 is 0.775 bits per heavy atom. The summed E-state index contributed by atoms with van der Waals surface area (Å²) in [6, 6.07) is 15.7. The van der Waals surface area contributed by atoms with Gasteiger partial charge in [0.15, 0.2) is 5.96 Å². The maximum absolute atomic E-state index is 12.8. The number of guanidine groups is 1. The molecular weight excluding hydrogens is 508 g/mol. The van der Waals surface area contributed by atoms with Gasteiger partial charge in [-0.15, -0.1) is 0 Å². The molecule has 0 atom stereocenters. The van der Waals surface area contributed by atoms with E-state index >= 15 is 0 Å². The van der Waals surface area contributed by atoms with Gasteiger partial charge in [-0.3, -0.25) is 19.4 Å². The van der Waals surface area contributed by atoms with E-state index in [1.165, 1.54) is 0 Å². The Balaban J connectivity index is 1.24. The van der Waals surface area contributed by atoms with Gasteiger partial charge in [0, 0.05) is 66.8 Å². The second kappa shape index (κ2) is 13.8. The van der Waals surface area contributed by atoms with Crippen LogP contribution < -0.4 is 22.1 Å². The molecule has 0 aliphatic rings. The average Bonchev–Trinajstić information content (AvgIpc) is 3.54. The molecule has 4 aromatic rings. The highest BCUT2D eigenvalue weighted by atomic mass is 16.2. The number of fused-ring (bicyclic) bond motifs is 2. The van der Waals surface area contributed by atoms with E-state index in [-0.39, 0.29) is 49.5 Å². The fraction of sp³-hybridized carbons (Fsp3) is 0.310. The molecule has 11 nitrogen and oxygen atoms in total. The summed E-state index contributed by atoms with van der Waals surface area (Å²) in [7, 11) is 0. The van der Waals surface area contributed by atoms with E-state index in [4.69, 9.17) is 11.5 Å². The molecule has 210 valence electrons. The maximum atomic E-state index is 12.8. The van der Waals surface area contributed by atoms with Gasteiger partial charge in [-0.1, -0.05) is 36.4 Å². The smallest absolute Gasteiger partial charge is 0.224 e. The molecule has 2 aromatic heterocycles. The molecule has 0 fully saturated rings. The number of aliphatic imine (C=N–C) groups is 1. The average molecular weight is 545 g/mol. The van der Waals surface area contributed by atoms with Crippen molar-refractivity contribution in [1.29, 1.82) is 0 Å². The number of para-hydroxylation sites is 2. The summed E-state index contributed by atoms with van der Waals surface area (Å²) in [6.45, 7) is 1.68. The molecule has 0 saturated heterocycles. The summed E-state index contributed by atoms with van der Waals surface area (Å²) in [6.07, 6.45) is 4.92. The van der Waals surface area contributed by atoms with Gasteiger partial charge in [0.25, 0.3) is 0 Å². The Kier molecular flexibility index (Phi) is 9.76. The van der Waals surface area contributed by atoms with Crippen LogP contribution in [0.5, 0.6) is 0 Å². The zero-order valence-electron chi connectivity index (χ0n) is 22.4. The Labute approximate surface area is 232 Å². The van der Waals surface area contributed by atoms with E-state index < -0.39 is 0 Å². The Morgan fingerprint density at radius 3 is 1.90 bits per heavy atom. The van der Waals surface area contributed by atoms with Crippen LogP contribution in [0.2, 0.25) is 0 Å². The van der Waals surface area contributed by atoms with Crippen LogP contribution >= 0.6 is 0 Å². The van der Waals surface area contributed by atoms with Crippen LogP contribution in [0, 0.1) is 0 Å². The van der Waals surface area contributed by atoms with Crippen molar-refractivity contribution in [2.24, 2.45) is 16.5 Å². The van der Waals surface area contributed by atoms with E-state index in [1.807, 2.05) is 60.9 Å². The predicted octanol–water partition coefficient (Wildman–Crippen LogP) is 1.55. The number of carbonyl (C=O) groups excluding carboxylic acids is 3. The fourth-order valence-electron chi connectivity index (χ4n) is 4.65. The van der Waals surface area contributed by atoms with Gasteiger partial charge in [-0.05, 0) is 29.7 Å². The predicted molar refractivity (Wildman–Crippen MR) is 157 cm³/mol. The minimum absolute atomic E-state index is 0.0678. The van der Waals surface area contributed by atoms with Crippen molar-refractivity contribution in [1.82, 2.24) is 25.5 Å². The molecule has 11 heteroatoms. The molecule has 0 radical (unpaired) electrons. The number of nitrogens with zero attached hydrogens (tertiary/aromatic N) is 2. The van der Waals surface area contributed by atoms with Crippen molar-refractivity contribution in [2.75, 3.05) is 32.7 Å². The highest BCUT2D eigenvalue weighted by molar-refractivity contribution is 5.89. The minimum atomic E-state index is -0.124. The number of carbonyl (C=O) groups is 3. The summed E-state index contributed by atoms with van der Waals surface area (Å²) in [4.78, 5) is 49.8. The lowest BCUT2D eigenvalue weighted by molar-refractivity contribution is -0.131. The van der Waals surface area contributed by atoms with Crippen molar-refractivity contribution in [2.45, 2.75) is 25.7 Å². The lowest BCUT2D eigenvalue weighted by Gasteiger charge is -2.23. The van der Waals surface area contributed by atoms with E-state index in [0.717, 1.165) is 32.9 Å². The Bertz CT molecular complexity index is 1480. The third-order valence-corrected chi connectivity index (χ3v) is 6.66. The van der Waals surface area contributed by atoms with E-state index in [9.17, 15) is 14.4 Å². The highest BCUT2D eigenvalue weighted by Gasteiger charge is 2.15. The van der Waals surface area contributed by atoms with Crippen LogP contribution in [0.15, 0.2) is 65.9 Å². The number of aromatic amines is 2. The summed E-state index contributed by atoms with van der Waals surface area (Å²) >= 11 is 0. The van der Waals surface area contributed by atoms with E-state index in [1.54, 1.807) is 4.90 Å². The van der Waals surface area contributed by atoms with Gasteiger partial charge in [0.05, 0.1) is 19.4 Å². The first-order chi connectivity index (χ1) is 19.4. The molecule has 3 amide bonds. The van der Waals surface area contributed by atoms with Gasteiger partial charge >= 0.3 is 0 Å². The molecule has 0 aliphatic carbocycles. The van der Waals surface area contributed by atoms with Crippen LogP contribution in [0.25, 0.3) is 21.8 Å². The highest BCUT2D eigenvalue weighted by Crippen LogP contribution is 2.19. The zero-order valence-corrected chi connectivity index (χ0v) is 22.4. The quantitative estimate of drug-likeness (QED) is 0.0801. The number of nitrogens with one attached hydrogen (secondary N) is 4. The third kappa shape index (κ3) is 7.85. The normalized spacial score (nSPS) is 10.9. The molecule has 0 bridgehead atoms. The number of nitrogens with two attached hydrogens (primary N) is 2.